The number of phenolic OH excluding ortho intramolecular Hbond substituents is 1. The number of aliphatic carboxylic acids is 1. The van der Waals surface area contributed by atoms with Gasteiger partial charge < -0.3 is 20.4 Å². The Morgan fingerprint density at radius 3 is 2.50 bits per heavy atom. The summed E-state index contributed by atoms with van der Waals surface area (Å²) in [6, 6.07) is 3.35. The number of hydrogen-bond donors (Lipinski definition) is 4. The van der Waals surface area contributed by atoms with Crippen LogP contribution in [0.25, 0.3) is 0 Å². The van der Waals surface area contributed by atoms with Gasteiger partial charge in [0, 0.05) is 0 Å². The van der Waals surface area contributed by atoms with Crippen LogP contribution in [-0.2, 0) is 4.79 Å². The van der Waals surface area contributed by atoms with E-state index in [1.165, 1.54) is 6.07 Å². The third-order valence-corrected chi connectivity index (χ3v) is 2.07. The standard InChI is InChI=1S/C10H11FO5/c11-5-2-1-3-6(12)9(5)10(16)7(13)4-8(14)15/h1-3,7,10,12-13,16H,4H2,(H,14,15). The van der Waals surface area contributed by atoms with E-state index in [1.54, 1.807) is 0 Å². The zero-order chi connectivity index (χ0) is 12.3. The smallest absolute Gasteiger partial charge is 0.306 e. The van der Waals surface area contributed by atoms with Crippen molar-refractivity contribution >= 4 is 5.97 Å². The van der Waals surface area contributed by atoms with E-state index in [-0.39, 0.29) is 0 Å². The Morgan fingerprint density at radius 2 is 2.00 bits per heavy atom. The maximum atomic E-state index is 13.2. The van der Waals surface area contributed by atoms with Crippen LogP contribution in [0.5, 0.6) is 5.75 Å². The number of benzene rings is 1. The zero-order valence-electron chi connectivity index (χ0n) is 8.17. The van der Waals surface area contributed by atoms with Crippen LogP contribution in [-0.4, -0.2) is 32.5 Å². The van der Waals surface area contributed by atoms with Crippen LogP contribution in [0.4, 0.5) is 4.39 Å². The highest BCUT2D eigenvalue weighted by Gasteiger charge is 2.26. The van der Waals surface area contributed by atoms with Crippen LogP contribution in [0.1, 0.15) is 18.1 Å². The molecule has 0 saturated heterocycles. The summed E-state index contributed by atoms with van der Waals surface area (Å²) in [7, 11) is 0. The first kappa shape index (κ1) is 12.4. The Balaban J connectivity index is 2.95. The molecule has 0 amide bonds. The molecular weight excluding hydrogens is 219 g/mol. The van der Waals surface area contributed by atoms with Crippen molar-refractivity contribution in [3.63, 3.8) is 0 Å². The lowest BCUT2D eigenvalue weighted by molar-refractivity contribution is -0.141. The van der Waals surface area contributed by atoms with Crippen LogP contribution in [0.15, 0.2) is 18.2 Å². The molecule has 0 aliphatic heterocycles. The van der Waals surface area contributed by atoms with Gasteiger partial charge in [0.2, 0.25) is 0 Å². The summed E-state index contributed by atoms with van der Waals surface area (Å²) in [5, 5.41) is 36.4. The summed E-state index contributed by atoms with van der Waals surface area (Å²) in [4.78, 5) is 10.3. The van der Waals surface area contributed by atoms with E-state index in [2.05, 4.69) is 0 Å². The lowest BCUT2D eigenvalue weighted by Gasteiger charge is -2.17. The molecular formula is C10H11FO5. The molecule has 0 spiro atoms. The van der Waals surface area contributed by atoms with Crippen molar-refractivity contribution in [2.24, 2.45) is 0 Å². The second-order valence-corrected chi connectivity index (χ2v) is 3.28. The molecule has 0 fully saturated rings. The molecule has 2 atom stereocenters. The van der Waals surface area contributed by atoms with Gasteiger partial charge in [-0.15, -0.1) is 0 Å². The fourth-order valence-electron chi connectivity index (χ4n) is 1.30. The monoisotopic (exact) mass is 230 g/mol. The predicted octanol–water partition coefficient (Wildman–Crippen LogP) is 0.400. The van der Waals surface area contributed by atoms with Crippen LogP contribution in [0, 0.1) is 5.82 Å². The summed E-state index contributed by atoms with van der Waals surface area (Å²) in [6.45, 7) is 0. The minimum absolute atomic E-state index is 0.503. The van der Waals surface area contributed by atoms with Crippen molar-refractivity contribution in [3.8, 4) is 5.75 Å². The normalized spacial score (nSPS) is 14.4. The Morgan fingerprint density at radius 1 is 1.38 bits per heavy atom. The van der Waals surface area contributed by atoms with E-state index in [4.69, 9.17) is 5.11 Å². The van der Waals surface area contributed by atoms with E-state index in [0.29, 0.717) is 0 Å². The lowest BCUT2D eigenvalue weighted by atomic mass is 10.0. The van der Waals surface area contributed by atoms with Gasteiger partial charge in [-0.3, -0.25) is 4.79 Å². The summed E-state index contributed by atoms with van der Waals surface area (Å²) in [6.07, 6.45) is -4.20. The molecule has 0 aliphatic rings. The fourth-order valence-corrected chi connectivity index (χ4v) is 1.30. The number of rotatable bonds is 4. The van der Waals surface area contributed by atoms with Crippen molar-refractivity contribution in [1.29, 1.82) is 0 Å². The lowest BCUT2D eigenvalue weighted by Crippen LogP contribution is -2.22. The van der Waals surface area contributed by atoms with Crippen LogP contribution in [0.3, 0.4) is 0 Å². The van der Waals surface area contributed by atoms with Gasteiger partial charge in [-0.1, -0.05) is 6.07 Å². The molecule has 0 aliphatic carbocycles. The van der Waals surface area contributed by atoms with Crippen molar-refractivity contribution in [2.45, 2.75) is 18.6 Å². The van der Waals surface area contributed by atoms with Gasteiger partial charge in [-0.05, 0) is 12.1 Å². The topological polar surface area (TPSA) is 98.0 Å². The Bertz CT molecular complexity index is 373. The fraction of sp³-hybridized carbons (Fsp3) is 0.300. The second-order valence-electron chi connectivity index (χ2n) is 3.28. The third kappa shape index (κ3) is 2.68. The number of carboxylic acids is 1. The average molecular weight is 230 g/mol. The first-order valence-corrected chi connectivity index (χ1v) is 4.48. The number of phenols is 1. The highest BCUT2D eigenvalue weighted by molar-refractivity contribution is 5.67. The molecule has 4 N–H and O–H groups in total. The van der Waals surface area contributed by atoms with E-state index in [0.717, 1.165) is 12.1 Å². The first-order valence-electron chi connectivity index (χ1n) is 4.48. The Hall–Kier alpha value is -1.66. The molecule has 0 saturated carbocycles. The number of halogens is 1. The molecule has 0 radical (unpaired) electrons. The zero-order valence-corrected chi connectivity index (χ0v) is 8.17. The van der Waals surface area contributed by atoms with Gasteiger partial charge in [0.1, 0.15) is 17.7 Å². The largest absolute Gasteiger partial charge is 0.507 e. The molecule has 5 nitrogen and oxygen atoms in total. The van der Waals surface area contributed by atoms with E-state index in [1.807, 2.05) is 0 Å². The third-order valence-electron chi connectivity index (χ3n) is 2.07. The maximum absolute atomic E-state index is 13.2. The number of aromatic hydroxyl groups is 1. The molecule has 1 aromatic rings. The summed E-state index contributed by atoms with van der Waals surface area (Å²) in [5.74, 6) is -2.77. The van der Waals surface area contributed by atoms with Crippen molar-refractivity contribution in [2.75, 3.05) is 0 Å². The molecule has 0 aromatic heterocycles. The van der Waals surface area contributed by atoms with Crippen molar-refractivity contribution in [1.82, 2.24) is 0 Å². The number of hydrogen-bond acceptors (Lipinski definition) is 4. The predicted molar refractivity (Wildman–Crippen MR) is 51.3 cm³/mol. The number of carboxylic acid groups (broad SMARTS) is 1. The number of carbonyl (C=O) groups is 1. The van der Waals surface area contributed by atoms with Crippen LogP contribution in [0.2, 0.25) is 0 Å². The molecule has 1 rings (SSSR count). The number of aliphatic hydroxyl groups is 2. The molecule has 0 bridgehead atoms. The highest BCUT2D eigenvalue weighted by atomic mass is 19.1. The molecule has 1 aromatic carbocycles. The molecule has 2 unspecified atom stereocenters. The minimum atomic E-state index is -1.78. The van der Waals surface area contributed by atoms with Crippen molar-refractivity contribution < 1.29 is 29.6 Å². The van der Waals surface area contributed by atoms with Gasteiger partial charge in [-0.25, -0.2) is 4.39 Å². The van der Waals surface area contributed by atoms with Gasteiger partial charge in [0.05, 0.1) is 18.1 Å². The van der Waals surface area contributed by atoms with Gasteiger partial charge in [0.15, 0.2) is 0 Å². The number of aliphatic hydroxyl groups excluding tert-OH is 2. The van der Waals surface area contributed by atoms with Crippen molar-refractivity contribution in [3.05, 3.63) is 29.6 Å². The van der Waals surface area contributed by atoms with E-state index < -0.39 is 41.7 Å². The Kier molecular flexibility index (Phi) is 3.81. The highest BCUT2D eigenvalue weighted by Crippen LogP contribution is 2.29. The van der Waals surface area contributed by atoms with Gasteiger partial charge in [-0.2, -0.15) is 0 Å². The average Bonchev–Trinajstić information content (AvgIpc) is 2.16. The molecule has 0 heterocycles. The summed E-state index contributed by atoms with van der Waals surface area (Å²) < 4.78 is 13.2. The second kappa shape index (κ2) is 4.91. The van der Waals surface area contributed by atoms with Gasteiger partial charge in [0.25, 0.3) is 0 Å². The van der Waals surface area contributed by atoms with E-state index >= 15 is 0 Å². The molecule has 88 valence electrons. The summed E-state index contributed by atoms with van der Waals surface area (Å²) >= 11 is 0. The van der Waals surface area contributed by atoms with Crippen LogP contribution >= 0.6 is 0 Å². The minimum Gasteiger partial charge on any atom is -0.507 e. The first-order chi connectivity index (χ1) is 7.43. The summed E-state index contributed by atoms with van der Waals surface area (Å²) in [5.41, 5.74) is -0.503. The van der Waals surface area contributed by atoms with Crippen LogP contribution < -0.4 is 0 Å². The Labute approximate surface area is 90.4 Å². The van der Waals surface area contributed by atoms with Gasteiger partial charge >= 0.3 is 5.97 Å². The quantitative estimate of drug-likeness (QED) is 0.600. The molecule has 6 heteroatoms. The SMILES string of the molecule is O=C(O)CC(O)C(O)c1c(O)cccc1F. The maximum Gasteiger partial charge on any atom is 0.306 e. The van der Waals surface area contributed by atoms with E-state index in [9.17, 15) is 24.5 Å². The molecule has 16 heavy (non-hydrogen) atoms.